The van der Waals surface area contributed by atoms with E-state index in [1.807, 2.05) is 0 Å². The number of nitrogens with two attached hydrogens (primary N) is 1. The standard InChI is InChI=1S/C19H27N3O5/c1-3-27-19(25)14-8-10-22(11-9-14)18(24)13-4-6-15(7-5-13)21-17(23)16(20)12-26-2/h4-7,14,16H,3,8-12,20H2,1-2H3,(H,21,23). The molecule has 1 saturated heterocycles. The van der Waals surface area contributed by atoms with Gasteiger partial charge in [0.15, 0.2) is 0 Å². The minimum Gasteiger partial charge on any atom is -0.466 e. The van der Waals surface area contributed by atoms with E-state index < -0.39 is 6.04 Å². The van der Waals surface area contributed by atoms with Crippen molar-refractivity contribution >= 4 is 23.5 Å². The van der Waals surface area contributed by atoms with Gasteiger partial charge in [0.2, 0.25) is 5.91 Å². The summed E-state index contributed by atoms with van der Waals surface area (Å²) in [4.78, 5) is 38.0. The van der Waals surface area contributed by atoms with Crippen LogP contribution < -0.4 is 11.1 Å². The van der Waals surface area contributed by atoms with E-state index in [-0.39, 0.29) is 30.3 Å². The maximum absolute atomic E-state index is 12.6. The van der Waals surface area contributed by atoms with Crippen LogP contribution in [0.4, 0.5) is 5.69 Å². The van der Waals surface area contributed by atoms with Gasteiger partial charge in [0.1, 0.15) is 6.04 Å². The highest BCUT2D eigenvalue weighted by atomic mass is 16.5. The number of hydrogen-bond acceptors (Lipinski definition) is 6. The van der Waals surface area contributed by atoms with Crippen molar-refractivity contribution in [2.75, 3.05) is 38.7 Å². The van der Waals surface area contributed by atoms with E-state index in [2.05, 4.69) is 5.32 Å². The number of ether oxygens (including phenoxy) is 2. The van der Waals surface area contributed by atoms with E-state index in [0.717, 1.165) is 0 Å². The topological polar surface area (TPSA) is 111 Å². The van der Waals surface area contributed by atoms with Crippen LogP contribution in [0.2, 0.25) is 0 Å². The smallest absolute Gasteiger partial charge is 0.309 e. The summed E-state index contributed by atoms with van der Waals surface area (Å²) in [6.07, 6.45) is 1.21. The number of likely N-dealkylation sites (tertiary alicyclic amines) is 1. The third-order valence-corrected chi connectivity index (χ3v) is 4.48. The summed E-state index contributed by atoms with van der Waals surface area (Å²) >= 11 is 0. The number of carbonyl (C=O) groups excluding carboxylic acids is 3. The lowest BCUT2D eigenvalue weighted by Crippen LogP contribution is -2.40. The predicted molar refractivity (Wildman–Crippen MR) is 100 cm³/mol. The molecule has 1 aromatic rings. The molecule has 0 spiro atoms. The summed E-state index contributed by atoms with van der Waals surface area (Å²) in [5.41, 5.74) is 6.76. The summed E-state index contributed by atoms with van der Waals surface area (Å²) in [6.45, 7) is 3.33. The molecule has 0 aromatic heterocycles. The first-order valence-electron chi connectivity index (χ1n) is 9.07. The Balaban J connectivity index is 1.89. The van der Waals surface area contributed by atoms with Crippen LogP contribution in [-0.2, 0) is 19.1 Å². The van der Waals surface area contributed by atoms with Gasteiger partial charge < -0.3 is 25.4 Å². The van der Waals surface area contributed by atoms with Crippen LogP contribution in [0.1, 0.15) is 30.1 Å². The van der Waals surface area contributed by atoms with Crippen molar-refractivity contribution in [2.45, 2.75) is 25.8 Å². The highest BCUT2D eigenvalue weighted by molar-refractivity contribution is 5.97. The molecule has 1 aromatic carbocycles. The Hall–Kier alpha value is -2.45. The van der Waals surface area contributed by atoms with Gasteiger partial charge in [-0.25, -0.2) is 0 Å². The van der Waals surface area contributed by atoms with Crippen LogP contribution in [0.15, 0.2) is 24.3 Å². The maximum atomic E-state index is 12.6. The molecule has 1 aliphatic rings. The van der Waals surface area contributed by atoms with Gasteiger partial charge in [0.05, 0.1) is 19.1 Å². The first kappa shape index (κ1) is 20.9. The van der Waals surface area contributed by atoms with Crippen LogP contribution >= 0.6 is 0 Å². The van der Waals surface area contributed by atoms with Crippen LogP contribution in [0.5, 0.6) is 0 Å². The van der Waals surface area contributed by atoms with E-state index in [9.17, 15) is 14.4 Å². The Labute approximate surface area is 159 Å². The molecule has 1 heterocycles. The highest BCUT2D eigenvalue weighted by Gasteiger charge is 2.28. The number of rotatable bonds is 7. The SMILES string of the molecule is CCOC(=O)C1CCN(C(=O)c2ccc(NC(=O)C(N)COC)cc2)CC1. The van der Waals surface area contributed by atoms with Crippen LogP contribution in [0.3, 0.4) is 0 Å². The third-order valence-electron chi connectivity index (χ3n) is 4.48. The second kappa shape index (κ2) is 10.0. The van der Waals surface area contributed by atoms with Crippen molar-refractivity contribution in [3.05, 3.63) is 29.8 Å². The summed E-state index contributed by atoms with van der Waals surface area (Å²) in [6, 6.07) is 5.90. The van der Waals surface area contributed by atoms with E-state index >= 15 is 0 Å². The van der Waals surface area contributed by atoms with Crippen molar-refractivity contribution in [3.63, 3.8) is 0 Å². The van der Waals surface area contributed by atoms with Gasteiger partial charge in [-0.05, 0) is 44.0 Å². The zero-order valence-corrected chi connectivity index (χ0v) is 15.8. The minimum atomic E-state index is -0.753. The molecule has 1 fully saturated rings. The number of methoxy groups -OCH3 is 1. The Morgan fingerprint density at radius 1 is 1.22 bits per heavy atom. The lowest BCUT2D eigenvalue weighted by molar-refractivity contribution is -0.149. The molecule has 0 radical (unpaired) electrons. The normalized spacial score (nSPS) is 15.9. The summed E-state index contributed by atoms with van der Waals surface area (Å²) < 4.78 is 9.90. The molecule has 0 saturated carbocycles. The Morgan fingerprint density at radius 3 is 2.41 bits per heavy atom. The molecule has 8 heteroatoms. The second-order valence-electron chi connectivity index (χ2n) is 6.45. The average molecular weight is 377 g/mol. The van der Waals surface area contributed by atoms with Gasteiger partial charge in [-0.3, -0.25) is 14.4 Å². The molecule has 2 rings (SSSR count). The number of amides is 2. The highest BCUT2D eigenvalue weighted by Crippen LogP contribution is 2.21. The molecule has 1 atom stereocenters. The molecule has 8 nitrogen and oxygen atoms in total. The number of carbonyl (C=O) groups is 3. The summed E-state index contributed by atoms with van der Waals surface area (Å²) in [5, 5.41) is 2.68. The Bertz CT molecular complexity index is 654. The van der Waals surface area contributed by atoms with Crippen molar-refractivity contribution < 1.29 is 23.9 Å². The van der Waals surface area contributed by atoms with Crippen molar-refractivity contribution in [3.8, 4) is 0 Å². The number of hydrogen-bond donors (Lipinski definition) is 2. The number of piperidine rings is 1. The maximum Gasteiger partial charge on any atom is 0.309 e. The monoisotopic (exact) mass is 377 g/mol. The van der Waals surface area contributed by atoms with E-state index in [4.69, 9.17) is 15.2 Å². The summed E-state index contributed by atoms with van der Waals surface area (Å²) in [5.74, 6) is -0.762. The zero-order chi connectivity index (χ0) is 19.8. The third kappa shape index (κ3) is 5.77. The molecule has 0 aliphatic carbocycles. The molecule has 2 amide bonds. The molecule has 0 bridgehead atoms. The molecule has 1 aliphatic heterocycles. The first-order valence-corrected chi connectivity index (χ1v) is 9.07. The van der Waals surface area contributed by atoms with Gasteiger partial charge in [0.25, 0.3) is 5.91 Å². The molecule has 1 unspecified atom stereocenters. The molecule has 148 valence electrons. The van der Waals surface area contributed by atoms with Crippen molar-refractivity contribution in [1.29, 1.82) is 0 Å². The van der Waals surface area contributed by atoms with E-state index in [1.165, 1.54) is 7.11 Å². The number of benzene rings is 1. The number of esters is 1. The zero-order valence-electron chi connectivity index (χ0n) is 15.8. The van der Waals surface area contributed by atoms with Crippen LogP contribution in [-0.4, -0.2) is 62.1 Å². The number of anilines is 1. The van der Waals surface area contributed by atoms with Crippen molar-refractivity contribution in [1.82, 2.24) is 4.90 Å². The average Bonchev–Trinajstić information content (AvgIpc) is 2.68. The number of nitrogens with one attached hydrogen (secondary N) is 1. The Kier molecular flexibility index (Phi) is 7.75. The van der Waals surface area contributed by atoms with Crippen LogP contribution in [0, 0.1) is 5.92 Å². The first-order chi connectivity index (χ1) is 13.0. The summed E-state index contributed by atoms with van der Waals surface area (Å²) in [7, 11) is 1.48. The molecular formula is C19H27N3O5. The van der Waals surface area contributed by atoms with Crippen molar-refractivity contribution in [2.24, 2.45) is 11.7 Å². The van der Waals surface area contributed by atoms with Gasteiger partial charge in [-0.1, -0.05) is 0 Å². The predicted octanol–water partition coefficient (Wildman–Crippen LogP) is 1.01. The van der Waals surface area contributed by atoms with E-state index in [0.29, 0.717) is 43.8 Å². The van der Waals surface area contributed by atoms with E-state index in [1.54, 1.807) is 36.1 Å². The fraction of sp³-hybridized carbons (Fsp3) is 0.526. The lowest BCUT2D eigenvalue weighted by atomic mass is 9.96. The second-order valence-corrected chi connectivity index (χ2v) is 6.45. The van der Waals surface area contributed by atoms with Gasteiger partial charge in [-0.15, -0.1) is 0 Å². The minimum absolute atomic E-state index is 0.0914. The lowest BCUT2D eigenvalue weighted by Gasteiger charge is -2.31. The molecule has 3 N–H and O–H groups in total. The van der Waals surface area contributed by atoms with Crippen LogP contribution in [0.25, 0.3) is 0 Å². The fourth-order valence-corrected chi connectivity index (χ4v) is 2.95. The quantitative estimate of drug-likeness (QED) is 0.686. The van der Waals surface area contributed by atoms with Gasteiger partial charge in [0, 0.05) is 31.5 Å². The fourth-order valence-electron chi connectivity index (χ4n) is 2.95. The largest absolute Gasteiger partial charge is 0.466 e. The number of nitrogens with zero attached hydrogens (tertiary/aromatic N) is 1. The molecule has 27 heavy (non-hydrogen) atoms. The van der Waals surface area contributed by atoms with Gasteiger partial charge in [-0.2, -0.15) is 0 Å². The Morgan fingerprint density at radius 2 is 1.85 bits per heavy atom. The molecular weight excluding hydrogens is 350 g/mol. The van der Waals surface area contributed by atoms with Gasteiger partial charge >= 0.3 is 5.97 Å².